The predicted octanol–water partition coefficient (Wildman–Crippen LogP) is 3.88. The molecular formula is C17H20O2. The fraction of sp³-hybridized carbons (Fsp3) is 0.353. The van der Waals surface area contributed by atoms with Gasteiger partial charge in [0.25, 0.3) is 0 Å². The molecule has 2 nitrogen and oxygen atoms in total. The fourth-order valence-corrected chi connectivity index (χ4v) is 2.38. The normalized spacial score (nSPS) is 16.0. The van der Waals surface area contributed by atoms with Crippen LogP contribution < -0.4 is 0 Å². The Kier molecular flexibility index (Phi) is 3.72. The molecule has 19 heavy (non-hydrogen) atoms. The molecule has 2 heteroatoms. The Morgan fingerprint density at radius 2 is 1.84 bits per heavy atom. The highest BCUT2D eigenvalue weighted by Gasteiger charge is 2.36. The number of aliphatic hydroxyl groups is 1. The Morgan fingerprint density at radius 1 is 1.21 bits per heavy atom. The maximum absolute atomic E-state index is 11.8. The van der Waals surface area contributed by atoms with E-state index in [1.54, 1.807) is 6.92 Å². The maximum atomic E-state index is 11.8. The van der Waals surface area contributed by atoms with Crippen LogP contribution in [0.4, 0.5) is 0 Å². The van der Waals surface area contributed by atoms with E-state index in [9.17, 15) is 9.90 Å². The number of hydrogen-bond donors (Lipinski definition) is 1. The maximum Gasteiger partial charge on any atom is 0.138 e. The molecule has 2 aromatic rings. The zero-order chi connectivity index (χ0) is 14.0. The van der Waals surface area contributed by atoms with Gasteiger partial charge in [-0.2, -0.15) is 0 Å². The third-order valence-corrected chi connectivity index (χ3v) is 4.23. The highest BCUT2D eigenvalue weighted by Crippen LogP contribution is 2.38. The van der Waals surface area contributed by atoms with Crippen LogP contribution in [0.1, 0.15) is 38.9 Å². The number of ketones is 1. The Morgan fingerprint density at radius 3 is 2.42 bits per heavy atom. The first kappa shape index (κ1) is 13.8. The summed E-state index contributed by atoms with van der Waals surface area (Å²) >= 11 is 0. The molecule has 0 unspecified atom stereocenters. The lowest BCUT2D eigenvalue weighted by Crippen LogP contribution is -2.32. The van der Waals surface area contributed by atoms with Gasteiger partial charge in [-0.1, -0.05) is 43.3 Å². The van der Waals surface area contributed by atoms with Gasteiger partial charge in [-0.3, -0.25) is 4.79 Å². The zero-order valence-corrected chi connectivity index (χ0v) is 11.7. The minimum atomic E-state index is -0.764. The first-order valence-corrected chi connectivity index (χ1v) is 6.67. The minimum absolute atomic E-state index is 0.0238. The van der Waals surface area contributed by atoms with Crippen molar-refractivity contribution >= 4 is 16.6 Å². The van der Waals surface area contributed by atoms with Crippen LogP contribution in [0.15, 0.2) is 42.5 Å². The number of rotatable bonds is 4. The summed E-state index contributed by atoms with van der Waals surface area (Å²) in [6.07, 6.45) is -0.143. The Labute approximate surface area is 114 Å². The number of aliphatic hydroxyl groups excluding tert-OH is 1. The van der Waals surface area contributed by atoms with Gasteiger partial charge in [0.15, 0.2) is 0 Å². The largest absolute Gasteiger partial charge is 0.387 e. The third-order valence-electron chi connectivity index (χ3n) is 4.23. The van der Waals surface area contributed by atoms with Gasteiger partial charge in [-0.05, 0) is 42.7 Å². The molecule has 0 aromatic heterocycles. The number of fused-ring (bicyclic) bond motifs is 1. The molecule has 0 saturated heterocycles. The summed E-state index contributed by atoms with van der Waals surface area (Å²) in [6.45, 7) is 5.31. The van der Waals surface area contributed by atoms with Gasteiger partial charge in [0, 0.05) is 0 Å². The van der Waals surface area contributed by atoms with Crippen LogP contribution in [0.3, 0.4) is 0 Å². The number of Topliss-reactive ketones (excluding diaryl/α,β-unsaturated/α-hetero) is 1. The van der Waals surface area contributed by atoms with Crippen molar-refractivity contribution in [3.05, 3.63) is 48.0 Å². The van der Waals surface area contributed by atoms with Gasteiger partial charge in [-0.15, -0.1) is 0 Å². The highest BCUT2D eigenvalue weighted by atomic mass is 16.3. The van der Waals surface area contributed by atoms with Crippen LogP contribution in [0.5, 0.6) is 0 Å². The van der Waals surface area contributed by atoms with E-state index in [4.69, 9.17) is 0 Å². The van der Waals surface area contributed by atoms with Crippen LogP contribution in [-0.2, 0) is 4.79 Å². The molecule has 0 bridgehead atoms. The lowest BCUT2D eigenvalue weighted by Gasteiger charge is -2.31. The molecule has 0 aliphatic carbocycles. The van der Waals surface area contributed by atoms with E-state index in [-0.39, 0.29) is 5.78 Å². The van der Waals surface area contributed by atoms with Crippen molar-refractivity contribution in [3.63, 3.8) is 0 Å². The molecule has 2 atom stereocenters. The van der Waals surface area contributed by atoms with Crippen molar-refractivity contribution in [2.45, 2.75) is 33.3 Å². The summed E-state index contributed by atoms with van der Waals surface area (Å²) in [5, 5.41) is 12.8. The molecule has 0 fully saturated rings. The summed E-state index contributed by atoms with van der Waals surface area (Å²) in [7, 11) is 0. The van der Waals surface area contributed by atoms with E-state index in [1.807, 2.05) is 56.3 Å². The molecule has 100 valence electrons. The van der Waals surface area contributed by atoms with Crippen molar-refractivity contribution in [1.82, 2.24) is 0 Å². The van der Waals surface area contributed by atoms with Crippen LogP contribution in [0.25, 0.3) is 10.8 Å². The topological polar surface area (TPSA) is 37.3 Å². The number of carbonyl (C=O) groups is 1. The van der Waals surface area contributed by atoms with Crippen LogP contribution in [0, 0.1) is 5.41 Å². The van der Waals surface area contributed by atoms with Crippen molar-refractivity contribution < 1.29 is 9.90 Å². The monoisotopic (exact) mass is 256 g/mol. The van der Waals surface area contributed by atoms with E-state index in [2.05, 4.69) is 0 Å². The summed E-state index contributed by atoms with van der Waals surface area (Å²) < 4.78 is 0. The van der Waals surface area contributed by atoms with Crippen LogP contribution in [-0.4, -0.2) is 10.9 Å². The van der Waals surface area contributed by atoms with Crippen molar-refractivity contribution in [2.75, 3.05) is 0 Å². The number of carbonyl (C=O) groups excluding carboxylic acids is 1. The molecule has 2 rings (SSSR count). The zero-order valence-electron chi connectivity index (χ0n) is 11.7. The van der Waals surface area contributed by atoms with Crippen molar-refractivity contribution in [1.29, 1.82) is 0 Å². The Bertz CT molecular complexity index is 603. The van der Waals surface area contributed by atoms with Gasteiger partial charge >= 0.3 is 0 Å². The smallest absolute Gasteiger partial charge is 0.138 e. The molecule has 0 aliphatic rings. The summed E-state index contributed by atoms with van der Waals surface area (Å²) in [6, 6.07) is 13.9. The van der Waals surface area contributed by atoms with Gasteiger partial charge in [-0.25, -0.2) is 0 Å². The summed E-state index contributed by atoms with van der Waals surface area (Å²) in [4.78, 5) is 11.8. The van der Waals surface area contributed by atoms with Crippen molar-refractivity contribution in [3.8, 4) is 0 Å². The van der Waals surface area contributed by atoms with Crippen LogP contribution >= 0.6 is 0 Å². The van der Waals surface area contributed by atoms with Gasteiger partial charge in [0.1, 0.15) is 5.78 Å². The minimum Gasteiger partial charge on any atom is -0.387 e. The molecule has 2 aromatic carbocycles. The molecule has 0 amide bonds. The molecule has 0 spiro atoms. The summed E-state index contributed by atoms with van der Waals surface area (Å²) in [5.41, 5.74) is 0.0842. The van der Waals surface area contributed by atoms with E-state index >= 15 is 0 Å². The average Bonchev–Trinajstić information content (AvgIpc) is 2.44. The first-order valence-electron chi connectivity index (χ1n) is 6.67. The first-order chi connectivity index (χ1) is 8.99. The van der Waals surface area contributed by atoms with E-state index in [0.717, 1.165) is 16.3 Å². The SMILES string of the molecule is CC[C@@](C)(C(C)=O)[C@@H](O)c1ccc2ccccc2c1. The Balaban J connectivity index is 2.46. The second kappa shape index (κ2) is 5.14. The standard InChI is InChI=1S/C17H20O2/c1-4-17(3,12(2)18)16(19)15-10-9-13-7-5-6-8-14(13)11-15/h5-11,16,19H,4H2,1-3H3/t16-,17-/m0/s1. The number of hydrogen-bond acceptors (Lipinski definition) is 2. The van der Waals surface area contributed by atoms with Gasteiger partial charge < -0.3 is 5.11 Å². The van der Waals surface area contributed by atoms with E-state index in [0.29, 0.717) is 6.42 Å². The lowest BCUT2D eigenvalue weighted by molar-refractivity contribution is -0.132. The number of benzene rings is 2. The molecule has 1 N–H and O–H groups in total. The third kappa shape index (κ3) is 2.41. The molecule has 0 heterocycles. The van der Waals surface area contributed by atoms with Gasteiger partial charge in [0.2, 0.25) is 0 Å². The average molecular weight is 256 g/mol. The molecule has 0 radical (unpaired) electrons. The second-order valence-corrected chi connectivity index (χ2v) is 5.34. The van der Waals surface area contributed by atoms with Crippen LogP contribution in [0.2, 0.25) is 0 Å². The van der Waals surface area contributed by atoms with Gasteiger partial charge in [0.05, 0.1) is 11.5 Å². The lowest BCUT2D eigenvalue weighted by atomic mass is 9.75. The summed E-state index contributed by atoms with van der Waals surface area (Å²) in [5.74, 6) is 0.0238. The van der Waals surface area contributed by atoms with E-state index in [1.165, 1.54) is 0 Å². The molecule has 0 aliphatic heterocycles. The highest BCUT2D eigenvalue weighted by molar-refractivity contribution is 5.85. The molecular weight excluding hydrogens is 236 g/mol. The second-order valence-electron chi connectivity index (χ2n) is 5.34. The van der Waals surface area contributed by atoms with Crippen molar-refractivity contribution in [2.24, 2.45) is 5.41 Å². The Hall–Kier alpha value is -1.67. The fourth-order valence-electron chi connectivity index (χ4n) is 2.38. The molecule has 0 saturated carbocycles. The quantitative estimate of drug-likeness (QED) is 0.901. The predicted molar refractivity (Wildman–Crippen MR) is 78.0 cm³/mol. The van der Waals surface area contributed by atoms with E-state index < -0.39 is 11.5 Å².